The summed E-state index contributed by atoms with van der Waals surface area (Å²) in [4.78, 5) is 15.2. The number of methoxy groups -OCH3 is 1. The molecule has 6 heteroatoms. The first-order chi connectivity index (χ1) is 16.0. The molecule has 0 bridgehead atoms. The first-order valence-corrected chi connectivity index (χ1v) is 11.9. The molecule has 1 amide bonds. The molecule has 0 aromatic heterocycles. The monoisotopic (exact) mass is 475 g/mol. The summed E-state index contributed by atoms with van der Waals surface area (Å²) >= 11 is 6.81. The Kier molecular flexibility index (Phi) is 7.47. The first-order valence-electron chi connectivity index (χ1n) is 10.7. The number of carbonyl (C=O) groups is 1. The van der Waals surface area contributed by atoms with Crippen molar-refractivity contribution < 1.29 is 14.3 Å². The Hall–Kier alpha value is -3.09. The van der Waals surface area contributed by atoms with Gasteiger partial charge in [-0.05, 0) is 60.4 Å². The fourth-order valence-corrected chi connectivity index (χ4v) is 4.70. The second-order valence-electron chi connectivity index (χ2n) is 7.77. The molecule has 0 spiro atoms. The lowest BCUT2D eigenvalue weighted by Gasteiger charge is -2.14. The summed E-state index contributed by atoms with van der Waals surface area (Å²) in [6.45, 7) is 3.14. The van der Waals surface area contributed by atoms with Crippen LogP contribution in [0.25, 0.3) is 6.08 Å². The predicted octanol–water partition coefficient (Wildman–Crippen LogP) is 6.03. The summed E-state index contributed by atoms with van der Waals surface area (Å²) < 4.78 is 11.7. The van der Waals surface area contributed by atoms with Crippen LogP contribution in [0.4, 0.5) is 0 Å². The summed E-state index contributed by atoms with van der Waals surface area (Å²) in [5, 5.41) is 0. The molecule has 1 heterocycles. The van der Waals surface area contributed by atoms with Gasteiger partial charge in [0, 0.05) is 6.54 Å². The van der Waals surface area contributed by atoms with Gasteiger partial charge >= 0.3 is 0 Å². The zero-order valence-electron chi connectivity index (χ0n) is 18.6. The van der Waals surface area contributed by atoms with E-state index in [1.807, 2.05) is 54.6 Å². The van der Waals surface area contributed by atoms with E-state index in [2.05, 4.69) is 31.2 Å². The smallest absolute Gasteiger partial charge is 0.266 e. The molecule has 3 aromatic rings. The molecule has 4 rings (SSSR count). The number of carbonyl (C=O) groups excluding carboxylic acids is 1. The number of aryl methyl sites for hydroxylation is 1. The Morgan fingerprint density at radius 3 is 2.21 bits per heavy atom. The number of thiocarbonyl (C=S) groups is 1. The largest absolute Gasteiger partial charge is 0.497 e. The minimum Gasteiger partial charge on any atom is -0.497 e. The molecule has 0 unspecified atom stereocenters. The van der Waals surface area contributed by atoms with Gasteiger partial charge in [0.2, 0.25) is 0 Å². The minimum absolute atomic E-state index is 0.0433. The van der Waals surface area contributed by atoms with Gasteiger partial charge in [0.05, 0.1) is 12.0 Å². The van der Waals surface area contributed by atoms with Crippen molar-refractivity contribution >= 4 is 40.3 Å². The van der Waals surface area contributed by atoms with Crippen molar-refractivity contribution in [2.45, 2.75) is 20.0 Å². The van der Waals surface area contributed by atoms with Gasteiger partial charge in [-0.15, -0.1) is 0 Å². The maximum atomic E-state index is 12.9. The molecule has 0 atom stereocenters. The molecule has 1 saturated heterocycles. The van der Waals surface area contributed by atoms with Crippen molar-refractivity contribution in [3.63, 3.8) is 0 Å². The van der Waals surface area contributed by atoms with Crippen LogP contribution in [0, 0.1) is 6.92 Å². The zero-order valence-corrected chi connectivity index (χ0v) is 20.2. The lowest BCUT2D eigenvalue weighted by Crippen LogP contribution is -2.30. The second-order valence-corrected chi connectivity index (χ2v) is 9.45. The molecule has 0 saturated carbocycles. The summed E-state index contributed by atoms with van der Waals surface area (Å²) in [5.74, 6) is 1.57. The highest BCUT2D eigenvalue weighted by Gasteiger charge is 2.31. The Morgan fingerprint density at radius 2 is 1.55 bits per heavy atom. The van der Waals surface area contributed by atoms with Crippen LogP contribution < -0.4 is 9.47 Å². The second kappa shape index (κ2) is 10.7. The van der Waals surface area contributed by atoms with Crippen LogP contribution >= 0.6 is 24.0 Å². The normalized spacial score (nSPS) is 14.7. The van der Waals surface area contributed by atoms with Crippen LogP contribution in [0.15, 0.2) is 77.7 Å². The van der Waals surface area contributed by atoms with E-state index in [1.165, 1.54) is 17.3 Å². The molecule has 0 radical (unpaired) electrons. The quantitative estimate of drug-likeness (QED) is 0.294. The Morgan fingerprint density at radius 1 is 0.909 bits per heavy atom. The fraction of sp³-hybridized carbons (Fsp3) is 0.185. The summed E-state index contributed by atoms with van der Waals surface area (Å²) in [7, 11) is 1.65. The first kappa shape index (κ1) is 23.1. The van der Waals surface area contributed by atoms with Crippen molar-refractivity contribution in [3.8, 4) is 11.5 Å². The van der Waals surface area contributed by atoms with Gasteiger partial charge in [-0.2, -0.15) is 0 Å². The number of thioether (sulfide) groups is 1. The topological polar surface area (TPSA) is 38.8 Å². The number of benzene rings is 3. The van der Waals surface area contributed by atoms with E-state index in [1.54, 1.807) is 12.0 Å². The third-order valence-corrected chi connectivity index (χ3v) is 6.74. The van der Waals surface area contributed by atoms with E-state index in [9.17, 15) is 4.79 Å². The third-order valence-electron chi connectivity index (χ3n) is 5.36. The van der Waals surface area contributed by atoms with Crippen LogP contribution in [0.1, 0.15) is 22.3 Å². The molecule has 1 aliphatic rings. The number of amides is 1. The maximum absolute atomic E-state index is 12.9. The van der Waals surface area contributed by atoms with Gasteiger partial charge in [0.15, 0.2) is 0 Å². The molecule has 1 fully saturated rings. The molecule has 33 heavy (non-hydrogen) atoms. The number of hydrogen-bond donors (Lipinski definition) is 0. The molecular weight excluding hydrogens is 450 g/mol. The van der Waals surface area contributed by atoms with E-state index in [4.69, 9.17) is 21.7 Å². The van der Waals surface area contributed by atoms with E-state index in [0.717, 1.165) is 34.6 Å². The minimum atomic E-state index is -0.0433. The molecule has 1 aliphatic heterocycles. The summed E-state index contributed by atoms with van der Waals surface area (Å²) in [6, 6.07) is 23.9. The average Bonchev–Trinajstić information content (AvgIpc) is 3.10. The Balaban J connectivity index is 1.34. The molecule has 168 valence electrons. The highest BCUT2D eigenvalue weighted by molar-refractivity contribution is 8.26. The van der Waals surface area contributed by atoms with Gasteiger partial charge in [-0.3, -0.25) is 9.69 Å². The highest BCUT2D eigenvalue weighted by atomic mass is 32.2. The average molecular weight is 476 g/mol. The number of nitrogens with zero attached hydrogens (tertiary/aromatic N) is 1. The third kappa shape index (κ3) is 6.03. The SMILES string of the molecule is COc1ccc(CCN2C(=O)/C(=C/c3ccc(OCc4ccc(C)cc4)cc3)SC2=S)cc1. The molecule has 0 N–H and O–H groups in total. The molecule has 3 aromatic carbocycles. The highest BCUT2D eigenvalue weighted by Crippen LogP contribution is 2.33. The van der Waals surface area contributed by atoms with Gasteiger partial charge in [0.1, 0.15) is 22.4 Å². The van der Waals surface area contributed by atoms with E-state index in [-0.39, 0.29) is 5.91 Å². The number of rotatable bonds is 8. The summed E-state index contributed by atoms with van der Waals surface area (Å²) in [6.07, 6.45) is 2.62. The molecular formula is C27H25NO3S2. The van der Waals surface area contributed by atoms with E-state index >= 15 is 0 Å². The van der Waals surface area contributed by atoms with Crippen molar-refractivity contribution in [2.75, 3.05) is 13.7 Å². The van der Waals surface area contributed by atoms with Crippen molar-refractivity contribution in [1.82, 2.24) is 4.90 Å². The van der Waals surface area contributed by atoms with Crippen molar-refractivity contribution in [1.29, 1.82) is 0 Å². The van der Waals surface area contributed by atoms with Crippen LogP contribution in [0.5, 0.6) is 11.5 Å². The van der Waals surface area contributed by atoms with Gasteiger partial charge in [0.25, 0.3) is 5.91 Å². The van der Waals surface area contributed by atoms with Gasteiger partial charge in [-0.1, -0.05) is 78.1 Å². The Bertz CT molecular complexity index is 1150. The molecule has 0 aliphatic carbocycles. The van der Waals surface area contributed by atoms with Crippen molar-refractivity contribution in [3.05, 3.63) is 100.0 Å². The van der Waals surface area contributed by atoms with Gasteiger partial charge < -0.3 is 9.47 Å². The maximum Gasteiger partial charge on any atom is 0.266 e. The van der Waals surface area contributed by atoms with Crippen LogP contribution in [-0.4, -0.2) is 28.8 Å². The lowest BCUT2D eigenvalue weighted by atomic mass is 10.1. The van der Waals surface area contributed by atoms with Crippen LogP contribution in [0.3, 0.4) is 0 Å². The van der Waals surface area contributed by atoms with Gasteiger partial charge in [-0.25, -0.2) is 0 Å². The predicted molar refractivity (Wildman–Crippen MR) is 139 cm³/mol. The zero-order chi connectivity index (χ0) is 23.2. The number of ether oxygens (including phenoxy) is 2. The van der Waals surface area contributed by atoms with Crippen molar-refractivity contribution in [2.24, 2.45) is 0 Å². The van der Waals surface area contributed by atoms with E-state index < -0.39 is 0 Å². The standard InChI is InChI=1S/C27H25NO3S2/c1-19-3-5-22(6-4-19)18-31-24-13-9-21(10-14-24)17-25-26(29)28(27(32)33-25)16-15-20-7-11-23(30-2)12-8-20/h3-14,17H,15-16,18H2,1-2H3/b25-17-. The Labute approximate surface area is 204 Å². The number of hydrogen-bond acceptors (Lipinski definition) is 5. The van der Waals surface area contributed by atoms with E-state index in [0.29, 0.717) is 22.4 Å². The van der Waals surface area contributed by atoms with Crippen LogP contribution in [0.2, 0.25) is 0 Å². The lowest BCUT2D eigenvalue weighted by molar-refractivity contribution is -0.122. The molecule has 4 nitrogen and oxygen atoms in total. The van der Waals surface area contributed by atoms with Crippen LogP contribution in [-0.2, 0) is 17.8 Å². The fourth-order valence-electron chi connectivity index (χ4n) is 3.39. The summed E-state index contributed by atoms with van der Waals surface area (Å²) in [5.41, 5.74) is 4.43.